The van der Waals surface area contributed by atoms with Crippen molar-refractivity contribution in [2.75, 3.05) is 18.2 Å². The number of ether oxygens (including phenoxy) is 2. The summed E-state index contributed by atoms with van der Waals surface area (Å²) in [4.78, 5) is 23.9. The highest BCUT2D eigenvalue weighted by Crippen LogP contribution is 2.31. The Morgan fingerprint density at radius 3 is 2.69 bits per heavy atom. The molecule has 0 unspecified atom stereocenters. The lowest BCUT2D eigenvalue weighted by atomic mass is 10.1. The van der Waals surface area contributed by atoms with Crippen LogP contribution in [0.4, 0.5) is 5.69 Å². The second kappa shape index (κ2) is 8.91. The molecule has 8 heteroatoms. The van der Waals surface area contributed by atoms with Gasteiger partial charge in [0.2, 0.25) is 0 Å². The van der Waals surface area contributed by atoms with E-state index in [1.165, 1.54) is 5.01 Å². The smallest absolute Gasteiger partial charge is 0.280 e. The topological polar surface area (TPSA) is 94.2 Å². The normalized spacial score (nSPS) is 14.9. The standard InChI is InChI=1S/C21H20BrN3O4/c1-3-28-19-10-14(7-8-18(19)29-12-20(23)26)9-17-13(2)24-25(21(17)27)16-6-4-5-15(22)11-16/h4-11H,3,12H2,1-2H3,(H2,23,26). The van der Waals surface area contributed by atoms with Gasteiger partial charge in [-0.1, -0.05) is 28.1 Å². The first-order valence-electron chi connectivity index (χ1n) is 8.94. The number of benzene rings is 2. The molecule has 3 rings (SSSR count). The predicted molar refractivity (Wildman–Crippen MR) is 115 cm³/mol. The van der Waals surface area contributed by atoms with E-state index < -0.39 is 5.91 Å². The van der Waals surface area contributed by atoms with Crippen molar-refractivity contribution in [1.82, 2.24) is 0 Å². The molecular formula is C21H20BrN3O4. The molecule has 1 heterocycles. The van der Waals surface area contributed by atoms with Gasteiger partial charge in [-0.25, -0.2) is 0 Å². The minimum atomic E-state index is -0.574. The average molecular weight is 458 g/mol. The molecule has 150 valence electrons. The Morgan fingerprint density at radius 2 is 2.00 bits per heavy atom. The number of halogens is 1. The van der Waals surface area contributed by atoms with Gasteiger partial charge in [-0.2, -0.15) is 10.1 Å². The van der Waals surface area contributed by atoms with Crippen LogP contribution in [-0.2, 0) is 9.59 Å². The molecule has 0 radical (unpaired) electrons. The number of amides is 2. The maximum Gasteiger partial charge on any atom is 0.280 e. The number of nitrogens with two attached hydrogens (primary N) is 1. The number of hydrogen-bond donors (Lipinski definition) is 1. The summed E-state index contributed by atoms with van der Waals surface area (Å²) in [7, 11) is 0. The van der Waals surface area contributed by atoms with Crippen LogP contribution in [0.15, 0.2) is 57.6 Å². The Kier molecular flexibility index (Phi) is 6.33. The van der Waals surface area contributed by atoms with E-state index in [0.717, 1.165) is 10.0 Å². The van der Waals surface area contributed by atoms with Gasteiger partial charge in [0, 0.05) is 4.47 Å². The van der Waals surface area contributed by atoms with E-state index in [4.69, 9.17) is 15.2 Å². The van der Waals surface area contributed by atoms with Crippen LogP contribution in [0.25, 0.3) is 6.08 Å². The number of anilines is 1. The summed E-state index contributed by atoms with van der Waals surface area (Å²) in [5, 5.41) is 5.76. The van der Waals surface area contributed by atoms with E-state index in [0.29, 0.717) is 35.1 Å². The largest absolute Gasteiger partial charge is 0.490 e. The van der Waals surface area contributed by atoms with Gasteiger partial charge in [-0.3, -0.25) is 9.59 Å². The fourth-order valence-electron chi connectivity index (χ4n) is 2.78. The molecule has 2 aromatic carbocycles. The summed E-state index contributed by atoms with van der Waals surface area (Å²) in [5.41, 5.74) is 7.65. The van der Waals surface area contributed by atoms with Crippen LogP contribution in [0.5, 0.6) is 11.5 Å². The van der Waals surface area contributed by atoms with Gasteiger partial charge in [0.1, 0.15) is 0 Å². The van der Waals surface area contributed by atoms with Gasteiger partial charge in [-0.05, 0) is 55.8 Å². The number of primary amides is 1. The molecule has 0 aliphatic carbocycles. The SMILES string of the molecule is CCOc1cc(C=C2C(=O)N(c3cccc(Br)c3)N=C2C)ccc1OCC(N)=O. The molecule has 0 atom stereocenters. The van der Waals surface area contributed by atoms with Crippen LogP contribution in [0.1, 0.15) is 19.4 Å². The first-order valence-corrected chi connectivity index (χ1v) is 9.73. The molecule has 1 aliphatic heterocycles. The van der Waals surface area contributed by atoms with E-state index in [9.17, 15) is 9.59 Å². The monoisotopic (exact) mass is 457 g/mol. The van der Waals surface area contributed by atoms with Crippen molar-refractivity contribution in [2.24, 2.45) is 10.8 Å². The second-order valence-corrected chi connectivity index (χ2v) is 7.15. The van der Waals surface area contributed by atoms with Crippen molar-refractivity contribution in [3.63, 3.8) is 0 Å². The molecule has 0 aromatic heterocycles. The first kappa shape index (κ1) is 20.6. The molecule has 2 N–H and O–H groups in total. The Balaban J connectivity index is 1.89. The van der Waals surface area contributed by atoms with Gasteiger partial charge >= 0.3 is 0 Å². The maximum absolute atomic E-state index is 12.9. The fourth-order valence-corrected chi connectivity index (χ4v) is 3.17. The molecule has 2 aromatic rings. The lowest BCUT2D eigenvalue weighted by molar-refractivity contribution is -0.120. The zero-order chi connectivity index (χ0) is 21.0. The molecule has 29 heavy (non-hydrogen) atoms. The summed E-state index contributed by atoms with van der Waals surface area (Å²) in [6.07, 6.45) is 1.75. The lowest BCUT2D eigenvalue weighted by Gasteiger charge is -2.12. The van der Waals surface area contributed by atoms with Crippen LogP contribution >= 0.6 is 15.9 Å². The van der Waals surface area contributed by atoms with Gasteiger partial charge in [0.25, 0.3) is 11.8 Å². The summed E-state index contributed by atoms with van der Waals surface area (Å²) < 4.78 is 11.8. The first-order chi connectivity index (χ1) is 13.9. The Hall–Kier alpha value is -3.13. The number of hydrazone groups is 1. The molecule has 0 fully saturated rings. The van der Waals surface area contributed by atoms with Crippen LogP contribution in [-0.4, -0.2) is 30.7 Å². The van der Waals surface area contributed by atoms with Gasteiger partial charge in [0.15, 0.2) is 18.1 Å². The fraction of sp³-hybridized carbons (Fsp3) is 0.190. The van der Waals surface area contributed by atoms with Gasteiger partial charge in [0.05, 0.1) is 23.6 Å². The summed E-state index contributed by atoms with van der Waals surface area (Å²) in [5.74, 6) is 0.0842. The highest BCUT2D eigenvalue weighted by molar-refractivity contribution is 9.10. The van der Waals surface area contributed by atoms with E-state index in [1.54, 1.807) is 31.2 Å². The van der Waals surface area contributed by atoms with Crippen molar-refractivity contribution >= 4 is 45.2 Å². The maximum atomic E-state index is 12.9. The molecule has 0 bridgehead atoms. The third kappa shape index (κ3) is 4.83. The van der Waals surface area contributed by atoms with E-state index in [-0.39, 0.29) is 12.5 Å². The Bertz CT molecular complexity index is 1020. The summed E-state index contributed by atoms with van der Waals surface area (Å²) in [6.45, 7) is 3.81. The molecule has 0 saturated carbocycles. The Labute approximate surface area is 176 Å². The van der Waals surface area contributed by atoms with E-state index in [1.807, 2.05) is 31.2 Å². The van der Waals surface area contributed by atoms with Crippen LogP contribution < -0.4 is 20.2 Å². The third-order valence-corrected chi connectivity index (χ3v) is 4.56. The highest BCUT2D eigenvalue weighted by Gasteiger charge is 2.28. The molecule has 0 saturated heterocycles. The minimum absolute atomic E-state index is 0.215. The minimum Gasteiger partial charge on any atom is -0.490 e. The van der Waals surface area contributed by atoms with Gasteiger partial charge in [-0.15, -0.1) is 0 Å². The lowest BCUT2D eigenvalue weighted by Crippen LogP contribution is -2.21. The van der Waals surface area contributed by atoms with Crippen LogP contribution in [0, 0.1) is 0 Å². The predicted octanol–water partition coefficient (Wildman–Crippen LogP) is 3.52. The van der Waals surface area contributed by atoms with Crippen LogP contribution in [0.3, 0.4) is 0 Å². The van der Waals surface area contributed by atoms with Crippen LogP contribution in [0.2, 0.25) is 0 Å². The Morgan fingerprint density at radius 1 is 1.21 bits per heavy atom. The van der Waals surface area contributed by atoms with Crippen molar-refractivity contribution in [3.05, 3.63) is 58.1 Å². The van der Waals surface area contributed by atoms with Crippen molar-refractivity contribution in [2.45, 2.75) is 13.8 Å². The molecule has 7 nitrogen and oxygen atoms in total. The molecule has 1 aliphatic rings. The van der Waals surface area contributed by atoms with Gasteiger partial charge < -0.3 is 15.2 Å². The zero-order valence-corrected chi connectivity index (χ0v) is 17.6. The number of rotatable bonds is 7. The molecular weight excluding hydrogens is 438 g/mol. The molecule has 0 spiro atoms. The van der Waals surface area contributed by atoms with Crippen molar-refractivity contribution in [3.8, 4) is 11.5 Å². The number of carbonyl (C=O) groups excluding carboxylic acids is 2. The van der Waals surface area contributed by atoms with Crippen molar-refractivity contribution in [1.29, 1.82) is 0 Å². The summed E-state index contributed by atoms with van der Waals surface area (Å²) in [6, 6.07) is 12.6. The van der Waals surface area contributed by atoms with E-state index in [2.05, 4.69) is 21.0 Å². The van der Waals surface area contributed by atoms with Crippen molar-refractivity contribution < 1.29 is 19.1 Å². The number of carbonyl (C=O) groups is 2. The van der Waals surface area contributed by atoms with E-state index >= 15 is 0 Å². The zero-order valence-electron chi connectivity index (χ0n) is 16.0. The quantitative estimate of drug-likeness (QED) is 0.643. The average Bonchev–Trinajstić information content (AvgIpc) is 2.96. The number of hydrogen-bond acceptors (Lipinski definition) is 5. The highest BCUT2D eigenvalue weighted by atomic mass is 79.9. The number of nitrogens with zero attached hydrogens (tertiary/aromatic N) is 2. The summed E-state index contributed by atoms with van der Waals surface area (Å²) >= 11 is 3.41. The third-order valence-electron chi connectivity index (χ3n) is 4.06. The second-order valence-electron chi connectivity index (χ2n) is 6.23. The molecule has 2 amide bonds.